The van der Waals surface area contributed by atoms with Crippen LogP contribution in [0.1, 0.15) is 19.3 Å². The maximum atomic E-state index is 5.55. The highest BCUT2D eigenvalue weighted by Gasteiger charge is 2.23. The Labute approximate surface area is 186 Å². The quantitative estimate of drug-likeness (QED) is 0.403. The highest BCUT2D eigenvalue weighted by molar-refractivity contribution is 7.95. The van der Waals surface area contributed by atoms with Crippen LogP contribution in [-0.2, 0) is 0 Å². The summed E-state index contributed by atoms with van der Waals surface area (Å²) in [7, 11) is 3.28. The summed E-state index contributed by atoms with van der Waals surface area (Å²) in [6.07, 6.45) is 6.92. The zero-order valence-electron chi connectivity index (χ0n) is 17.9. The number of aromatic nitrogens is 3. The van der Waals surface area contributed by atoms with E-state index >= 15 is 0 Å². The molecule has 0 bridgehead atoms. The lowest BCUT2D eigenvalue weighted by Gasteiger charge is -2.33. The number of hydrogen-bond acceptors (Lipinski definition) is 9. The van der Waals surface area contributed by atoms with Gasteiger partial charge in [0.2, 0.25) is 0 Å². The van der Waals surface area contributed by atoms with E-state index in [2.05, 4.69) is 14.6 Å². The first-order valence-corrected chi connectivity index (χ1v) is 11.3. The number of hydrogen-bond donors (Lipinski definition) is 2. The summed E-state index contributed by atoms with van der Waals surface area (Å²) >= 11 is 1.19. The smallest absolute Gasteiger partial charge is 0.163 e. The van der Waals surface area contributed by atoms with E-state index in [1.165, 1.54) is 12.1 Å². The topological polar surface area (TPSA) is 98.4 Å². The number of anilines is 1. The van der Waals surface area contributed by atoms with Gasteiger partial charge in [0.15, 0.2) is 17.3 Å². The van der Waals surface area contributed by atoms with E-state index in [1.54, 1.807) is 26.6 Å². The number of fused-ring (bicyclic) bond motifs is 1. The van der Waals surface area contributed by atoms with Crippen molar-refractivity contribution in [1.82, 2.24) is 19.7 Å². The molecule has 0 aliphatic carbocycles. The number of rotatable bonds is 8. The van der Waals surface area contributed by atoms with Crippen LogP contribution in [0.5, 0.6) is 11.5 Å². The van der Waals surface area contributed by atoms with Crippen molar-refractivity contribution in [2.75, 3.05) is 38.8 Å². The Kier molecular flexibility index (Phi) is 7.06. The van der Waals surface area contributed by atoms with Crippen LogP contribution in [0.3, 0.4) is 0 Å². The fourth-order valence-corrected chi connectivity index (χ4v) is 4.30. The Morgan fingerprint density at radius 3 is 2.61 bits per heavy atom. The SMILES string of the molecule is COc1cc2nc(-c3cccnc3)nc(N3CCC(CCNSN)CC3)c2cc1OC. The molecule has 1 saturated heterocycles. The number of ether oxygens (including phenoxy) is 2. The Balaban J connectivity index is 1.70. The average molecular weight is 441 g/mol. The highest BCUT2D eigenvalue weighted by Crippen LogP contribution is 2.37. The van der Waals surface area contributed by atoms with Crippen LogP contribution >= 0.6 is 12.1 Å². The Morgan fingerprint density at radius 1 is 1.16 bits per heavy atom. The number of methoxy groups -OCH3 is 2. The van der Waals surface area contributed by atoms with E-state index in [0.29, 0.717) is 23.2 Å². The second-order valence-electron chi connectivity index (χ2n) is 7.57. The molecule has 3 N–H and O–H groups in total. The number of benzene rings is 1. The van der Waals surface area contributed by atoms with Gasteiger partial charge in [-0.3, -0.25) is 14.8 Å². The lowest BCUT2D eigenvalue weighted by molar-refractivity contribution is 0.355. The zero-order chi connectivity index (χ0) is 21.6. The monoisotopic (exact) mass is 440 g/mol. The zero-order valence-corrected chi connectivity index (χ0v) is 18.7. The molecule has 3 heterocycles. The summed E-state index contributed by atoms with van der Waals surface area (Å²) in [4.78, 5) is 16.4. The third kappa shape index (κ3) is 4.84. The molecule has 0 unspecified atom stereocenters. The number of nitrogens with two attached hydrogens (primary N) is 1. The molecule has 0 spiro atoms. The minimum absolute atomic E-state index is 0.653. The maximum absolute atomic E-state index is 5.55. The molecule has 2 aromatic heterocycles. The molecule has 4 rings (SSSR count). The van der Waals surface area contributed by atoms with Crippen LogP contribution in [0, 0.1) is 5.92 Å². The minimum atomic E-state index is 0.653. The van der Waals surface area contributed by atoms with E-state index in [4.69, 9.17) is 24.6 Å². The molecule has 3 aromatic rings. The van der Waals surface area contributed by atoms with Crippen LogP contribution < -0.4 is 24.2 Å². The first kappa shape index (κ1) is 21.6. The maximum Gasteiger partial charge on any atom is 0.163 e. The Hall–Kier alpha value is -2.62. The van der Waals surface area contributed by atoms with Crippen LogP contribution in [0.2, 0.25) is 0 Å². The Morgan fingerprint density at radius 2 is 1.94 bits per heavy atom. The third-order valence-corrected chi connectivity index (χ3v) is 6.12. The predicted molar refractivity (Wildman–Crippen MR) is 125 cm³/mol. The van der Waals surface area contributed by atoms with Gasteiger partial charge < -0.3 is 14.4 Å². The van der Waals surface area contributed by atoms with Gasteiger partial charge in [-0.05, 0) is 43.4 Å². The van der Waals surface area contributed by atoms with Crippen molar-refractivity contribution in [3.8, 4) is 22.9 Å². The van der Waals surface area contributed by atoms with Gasteiger partial charge in [-0.2, -0.15) is 0 Å². The molecule has 1 aliphatic heterocycles. The summed E-state index contributed by atoms with van der Waals surface area (Å²) < 4.78 is 14.2. The van der Waals surface area contributed by atoms with E-state index in [-0.39, 0.29) is 0 Å². The molecule has 0 saturated carbocycles. The van der Waals surface area contributed by atoms with Gasteiger partial charge in [-0.15, -0.1) is 0 Å². The van der Waals surface area contributed by atoms with Crippen molar-refractivity contribution in [2.45, 2.75) is 19.3 Å². The third-order valence-electron chi connectivity index (χ3n) is 5.75. The molecule has 0 radical (unpaired) electrons. The summed E-state index contributed by atoms with van der Waals surface area (Å²) in [6, 6.07) is 7.77. The van der Waals surface area contributed by atoms with E-state index in [1.807, 2.05) is 24.3 Å². The molecule has 164 valence electrons. The number of pyridine rings is 1. The van der Waals surface area contributed by atoms with Gasteiger partial charge in [0.05, 0.1) is 19.7 Å². The van der Waals surface area contributed by atoms with Crippen molar-refractivity contribution < 1.29 is 9.47 Å². The summed E-state index contributed by atoms with van der Waals surface area (Å²) in [5, 5.41) is 6.42. The van der Waals surface area contributed by atoms with E-state index < -0.39 is 0 Å². The molecule has 0 atom stereocenters. The van der Waals surface area contributed by atoms with Gasteiger partial charge in [0.1, 0.15) is 5.82 Å². The van der Waals surface area contributed by atoms with Gasteiger partial charge in [0.25, 0.3) is 0 Å². The molecular weight excluding hydrogens is 412 g/mol. The fraction of sp³-hybridized carbons (Fsp3) is 0.409. The number of piperidine rings is 1. The van der Waals surface area contributed by atoms with Gasteiger partial charge >= 0.3 is 0 Å². The number of nitrogens with zero attached hydrogens (tertiary/aromatic N) is 4. The molecule has 9 heteroatoms. The highest BCUT2D eigenvalue weighted by atomic mass is 32.2. The Bertz CT molecular complexity index is 1010. The summed E-state index contributed by atoms with van der Waals surface area (Å²) in [6.45, 7) is 2.84. The molecular formula is C22H28N6O2S. The molecule has 1 aromatic carbocycles. The molecule has 0 amide bonds. The average Bonchev–Trinajstić information content (AvgIpc) is 2.83. The molecule has 8 nitrogen and oxygen atoms in total. The second-order valence-corrected chi connectivity index (χ2v) is 8.09. The molecule has 1 fully saturated rings. The van der Waals surface area contributed by atoms with Crippen molar-refractivity contribution >= 4 is 28.9 Å². The fourth-order valence-electron chi connectivity index (χ4n) is 4.06. The standard InChI is InChI=1S/C22H28N6O2S/c1-29-19-12-17-18(13-20(19)30-2)26-21(16-4-3-8-24-14-16)27-22(17)28-10-6-15(7-11-28)5-9-25-31-23/h3-4,8,12-15,25H,5-7,9-11,23H2,1-2H3. The van der Waals surface area contributed by atoms with Gasteiger partial charge in [0, 0.05) is 61.2 Å². The van der Waals surface area contributed by atoms with Crippen LogP contribution in [0.15, 0.2) is 36.7 Å². The molecule has 1 aliphatic rings. The van der Waals surface area contributed by atoms with Crippen molar-refractivity contribution in [3.05, 3.63) is 36.7 Å². The lowest BCUT2D eigenvalue weighted by atomic mass is 9.93. The summed E-state index contributed by atoms with van der Waals surface area (Å²) in [5.41, 5.74) is 1.72. The largest absolute Gasteiger partial charge is 0.493 e. The lowest BCUT2D eigenvalue weighted by Crippen LogP contribution is -2.35. The first-order chi connectivity index (χ1) is 15.2. The van der Waals surface area contributed by atoms with Gasteiger partial charge in [-0.25, -0.2) is 9.97 Å². The summed E-state index contributed by atoms with van der Waals surface area (Å²) in [5.74, 6) is 3.61. The number of nitrogens with one attached hydrogen (secondary N) is 1. The molecule has 31 heavy (non-hydrogen) atoms. The van der Waals surface area contributed by atoms with Crippen molar-refractivity contribution in [1.29, 1.82) is 0 Å². The normalized spacial score (nSPS) is 14.7. The van der Waals surface area contributed by atoms with Crippen molar-refractivity contribution in [3.63, 3.8) is 0 Å². The van der Waals surface area contributed by atoms with Crippen LogP contribution in [0.4, 0.5) is 5.82 Å². The first-order valence-electron chi connectivity index (χ1n) is 10.4. The van der Waals surface area contributed by atoms with Crippen molar-refractivity contribution in [2.24, 2.45) is 11.1 Å². The second kappa shape index (κ2) is 10.1. The predicted octanol–water partition coefficient (Wildman–Crippen LogP) is 3.43. The minimum Gasteiger partial charge on any atom is -0.493 e. The van der Waals surface area contributed by atoms with E-state index in [0.717, 1.165) is 61.2 Å². The van der Waals surface area contributed by atoms with E-state index in [9.17, 15) is 0 Å². The van der Waals surface area contributed by atoms with Gasteiger partial charge in [-0.1, -0.05) is 0 Å². The van der Waals surface area contributed by atoms with Crippen LogP contribution in [0.25, 0.3) is 22.3 Å². The van der Waals surface area contributed by atoms with Crippen LogP contribution in [-0.4, -0.2) is 48.8 Å².